The van der Waals surface area contributed by atoms with Gasteiger partial charge in [-0.05, 0) is 44.3 Å². The van der Waals surface area contributed by atoms with Crippen LogP contribution in [0, 0.1) is 0 Å². The number of carbonyl (C=O) groups excluding carboxylic acids is 1. The number of aliphatic carboxylic acids is 1. The Morgan fingerprint density at radius 1 is 0.977 bits per heavy atom. The fourth-order valence-corrected chi connectivity index (χ4v) is 5.60. The number of carboxylic acids is 1. The van der Waals surface area contributed by atoms with E-state index >= 15 is 0 Å². The van der Waals surface area contributed by atoms with Gasteiger partial charge in [-0.3, -0.25) is 9.59 Å². The van der Waals surface area contributed by atoms with Crippen LogP contribution in [-0.2, 0) is 39.3 Å². The van der Waals surface area contributed by atoms with E-state index in [1.807, 2.05) is 72.8 Å². The third kappa shape index (κ3) is 8.26. The minimum absolute atomic E-state index is 0.0147. The van der Waals surface area contributed by atoms with E-state index in [2.05, 4.69) is 20.8 Å². The first-order valence-corrected chi connectivity index (χ1v) is 14.9. The number of thioether (sulfide) groups is 1. The van der Waals surface area contributed by atoms with Gasteiger partial charge in [0.15, 0.2) is 6.29 Å². The first-order chi connectivity index (χ1) is 20.9. The van der Waals surface area contributed by atoms with E-state index in [-0.39, 0.29) is 37.6 Å². The number of aliphatic hydroxyl groups is 1. The summed E-state index contributed by atoms with van der Waals surface area (Å²) >= 11 is 1.53. The summed E-state index contributed by atoms with van der Waals surface area (Å²) in [4.78, 5) is 22.6. The van der Waals surface area contributed by atoms with Gasteiger partial charge in [0.1, 0.15) is 0 Å². The smallest absolute Gasteiger partial charge is 0.303 e. The van der Waals surface area contributed by atoms with Gasteiger partial charge in [-0.15, -0.1) is 5.10 Å². The zero-order valence-corrected chi connectivity index (χ0v) is 24.4. The second kappa shape index (κ2) is 14.4. The number of carboxylic acid groups (broad SMARTS) is 1. The van der Waals surface area contributed by atoms with Crippen LogP contribution in [0.15, 0.2) is 78.0 Å². The Morgan fingerprint density at radius 3 is 2.44 bits per heavy atom. The molecule has 1 aliphatic rings. The number of amides is 1. The second-order valence-corrected chi connectivity index (χ2v) is 11.2. The van der Waals surface area contributed by atoms with E-state index in [0.29, 0.717) is 23.9 Å². The van der Waals surface area contributed by atoms with Crippen LogP contribution in [0.2, 0.25) is 0 Å². The highest BCUT2D eigenvalue weighted by Crippen LogP contribution is 2.39. The van der Waals surface area contributed by atoms with E-state index in [9.17, 15) is 14.7 Å². The number of aryl methyl sites for hydroxylation is 1. The predicted molar refractivity (Wildman–Crippen MR) is 159 cm³/mol. The van der Waals surface area contributed by atoms with Crippen LogP contribution in [0.4, 0.5) is 0 Å². The fraction of sp³-hybridized carbons (Fsp3) is 0.323. The van der Waals surface area contributed by atoms with Crippen LogP contribution >= 0.6 is 11.8 Å². The molecule has 12 heteroatoms. The second-order valence-electron chi connectivity index (χ2n) is 10.2. The molecule has 1 saturated heterocycles. The number of hydrogen-bond acceptors (Lipinski definition) is 9. The molecule has 11 nitrogen and oxygen atoms in total. The molecule has 2 heterocycles. The molecule has 3 N–H and O–H groups in total. The van der Waals surface area contributed by atoms with Crippen molar-refractivity contribution >= 4 is 23.6 Å². The molecule has 0 aliphatic carbocycles. The number of rotatable bonds is 12. The Bertz CT molecular complexity index is 1530. The Labute approximate surface area is 253 Å². The maximum absolute atomic E-state index is 11.9. The molecule has 3 unspecified atom stereocenters. The summed E-state index contributed by atoms with van der Waals surface area (Å²) in [7, 11) is 1.80. The largest absolute Gasteiger partial charge is 0.481 e. The first kappa shape index (κ1) is 30.4. The Hall–Kier alpha value is -4.10. The van der Waals surface area contributed by atoms with Gasteiger partial charge in [-0.1, -0.05) is 78.5 Å². The zero-order chi connectivity index (χ0) is 30.2. The molecule has 1 fully saturated rings. The van der Waals surface area contributed by atoms with Crippen LogP contribution in [0.25, 0.3) is 11.1 Å². The number of aromatic nitrogens is 4. The molecule has 4 aromatic rings. The minimum atomic E-state index is -0.995. The normalized spacial score (nSPS) is 18.3. The Morgan fingerprint density at radius 2 is 1.74 bits per heavy atom. The van der Waals surface area contributed by atoms with Crippen molar-refractivity contribution in [3.63, 3.8) is 0 Å². The molecule has 1 aromatic heterocycles. The van der Waals surface area contributed by atoms with Gasteiger partial charge in [0, 0.05) is 37.8 Å². The molecule has 5 rings (SSSR count). The summed E-state index contributed by atoms with van der Waals surface area (Å²) in [6.45, 7) is 0.303. The summed E-state index contributed by atoms with van der Waals surface area (Å²) in [6, 6.07) is 23.6. The van der Waals surface area contributed by atoms with Gasteiger partial charge in [0.25, 0.3) is 0 Å². The molecular formula is C31H33N5O6S. The van der Waals surface area contributed by atoms with Crippen molar-refractivity contribution in [3.8, 4) is 11.1 Å². The van der Waals surface area contributed by atoms with E-state index in [1.165, 1.54) is 11.8 Å². The third-order valence-electron chi connectivity index (χ3n) is 7.09. The van der Waals surface area contributed by atoms with Gasteiger partial charge >= 0.3 is 5.97 Å². The predicted octanol–water partition coefficient (Wildman–Crippen LogP) is 4.19. The van der Waals surface area contributed by atoms with Crippen LogP contribution in [-0.4, -0.2) is 54.2 Å². The summed E-state index contributed by atoms with van der Waals surface area (Å²) in [5.41, 5.74) is 5.65. The molecule has 0 spiro atoms. The van der Waals surface area contributed by atoms with E-state index in [0.717, 1.165) is 33.4 Å². The number of nitrogens with zero attached hydrogens (tertiary/aromatic N) is 4. The molecule has 1 aliphatic heterocycles. The minimum Gasteiger partial charge on any atom is -0.481 e. The molecule has 0 saturated carbocycles. The number of aliphatic hydroxyl groups excluding tert-OH is 1. The lowest BCUT2D eigenvalue weighted by Gasteiger charge is -2.36. The molecule has 43 heavy (non-hydrogen) atoms. The Kier molecular flexibility index (Phi) is 10.2. The van der Waals surface area contributed by atoms with Crippen molar-refractivity contribution in [1.82, 2.24) is 25.5 Å². The van der Waals surface area contributed by atoms with Gasteiger partial charge in [-0.2, -0.15) is 0 Å². The highest BCUT2D eigenvalue weighted by atomic mass is 32.2. The lowest BCUT2D eigenvalue weighted by molar-refractivity contribution is -0.245. The van der Waals surface area contributed by atoms with Crippen molar-refractivity contribution in [3.05, 3.63) is 95.1 Å². The van der Waals surface area contributed by atoms with Crippen molar-refractivity contribution in [2.75, 3.05) is 5.75 Å². The summed E-state index contributed by atoms with van der Waals surface area (Å²) in [6.07, 6.45) is -0.483. The number of benzene rings is 3. The molecule has 0 radical (unpaired) electrons. The quantitative estimate of drug-likeness (QED) is 0.201. The molecule has 224 valence electrons. The van der Waals surface area contributed by atoms with Crippen LogP contribution in [0.1, 0.15) is 53.9 Å². The molecule has 3 aromatic carbocycles. The molecule has 0 bridgehead atoms. The lowest BCUT2D eigenvalue weighted by atomic mass is 9.99. The van der Waals surface area contributed by atoms with Crippen molar-refractivity contribution in [1.29, 1.82) is 0 Å². The summed E-state index contributed by atoms with van der Waals surface area (Å²) in [5, 5.41) is 33.4. The number of hydrogen-bond donors (Lipinski definition) is 3. The van der Waals surface area contributed by atoms with Crippen LogP contribution in [0.3, 0.4) is 0 Å². The fourth-order valence-electron chi connectivity index (χ4n) is 4.74. The van der Waals surface area contributed by atoms with Crippen molar-refractivity contribution in [2.45, 2.75) is 56.1 Å². The monoisotopic (exact) mass is 603 g/mol. The molecule has 1 amide bonds. The van der Waals surface area contributed by atoms with Crippen LogP contribution < -0.4 is 5.32 Å². The molecular weight excluding hydrogens is 570 g/mol. The standard InChI is InChI=1S/C31H33N5O6S/c1-36-31(33-34-35-36)43-19-26-16-27(23-7-5-20(18-37)6-8-23)42-30(41-26)24-11-9-22(10-12-24)25-4-2-3-21(15-25)17-32-28(38)13-14-29(39)40/h2-12,15,26-27,30,37H,13-14,16-19H2,1H3,(H,32,38)(H,39,40). The SMILES string of the molecule is Cn1nnnc1SCC1CC(c2ccc(CO)cc2)OC(c2ccc(-c3cccc(CNC(=O)CCC(=O)O)c3)cc2)O1. The van der Waals surface area contributed by atoms with E-state index < -0.39 is 12.3 Å². The third-order valence-corrected chi connectivity index (χ3v) is 8.24. The maximum Gasteiger partial charge on any atom is 0.303 e. The topological polar surface area (TPSA) is 149 Å². The van der Waals surface area contributed by atoms with Gasteiger partial charge in [0.2, 0.25) is 11.1 Å². The number of nitrogens with one attached hydrogen (secondary N) is 1. The molecule has 3 atom stereocenters. The van der Waals surface area contributed by atoms with Gasteiger partial charge in [0.05, 0.1) is 25.2 Å². The number of ether oxygens (including phenoxy) is 2. The maximum atomic E-state index is 11.9. The highest BCUT2D eigenvalue weighted by molar-refractivity contribution is 7.99. The summed E-state index contributed by atoms with van der Waals surface area (Å²) in [5.74, 6) is -0.639. The number of tetrazole rings is 1. The average molecular weight is 604 g/mol. The van der Waals surface area contributed by atoms with E-state index in [1.54, 1.807) is 11.7 Å². The van der Waals surface area contributed by atoms with Crippen molar-refractivity contribution in [2.24, 2.45) is 7.05 Å². The van der Waals surface area contributed by atoms with Crippen molar-refractivity contribution < 1.29 is 29.3 Å². The average Bonchev–Trinajstić information content (AvgIpc) is 3.46. The lowest BCUT2D eigenvalue weighted by Crippen LogP contribution is -2.31. The number of carbonyl (C=O) groups is 2. The zero-order valence-electron chi connectivity index (χ0n) is 23.6. The summed E-state index contributed by atoms with van der Waals surface area (Å²) < 4.78 is 14.5. The highest BCUT2D eigenvalue weighted by Gasteiger charge is 2.32. The van der Waals surface area contributed by atoms with E-state index in [4.69, 9.17) is 14.6 Å². The first-order valence-electron chi connectivity index (χ1n) is 13.9. The van der Waals surface area contributed by atoms with Crippen LogP contribution in [0.5, 0.6) is 0 Å². The van der Waals surface area contributed by atoms with Gasteiger partial charge in [-0.25, -0.2) is 4.68 Å². The Balaban J connectivity index is 1.28. The van der Waals surface area contributed by atoms with Gasteiger partial charge < -0.3 is 25.0 Å².